The van der Waals surface area contributed by atoms with E-state index in [2.05, 4.69) is 10.3 Å². The third-order valence-electron chi connectivity index (χ3n) is 3.15. The summed E-state index contributed by atoms with van der Waals surface area (Å²) in [5, 5.41) is 12.6. The Morgan fingerprint density at radius 1 is 1.31 bits per heavy atom. The highest BCUT2D eigenvalue weighted by molar-refractivity contribution is 5.17. The first-order valence-corrected chi connectivity index (χ1v) is 5.87. The van der Waals surface area contributed by atoms with Gasteiger partial charge < -0.3 is 16.2 Å². The SMILES string of the molecule is NC1CCC(NCc2ccc(O)cn2)CC1. The van der Waals surface area contributed by atoms with Crippen LogP contribution in [0.4, 0.5) is 0 Å². The number of rotatable bonds is 3. The second-order valence-corrected chi connectivity index (χ2v) is 4.50. The smallest absolute Gasteiger partial charge is 0.133 e. The molecular weight excluding hydrogens is 202 g/mol. The number of nitrogens with two attached hydrogens (primary N) is 1. The molecule has 4 nitrogen and oxygen atoms in total. The van der Waals surface area contributed by atoms with E-state index in [0.29, 0.717) is 12.1 Å². The molecule has 1 aliphatic carbocycles. The Morgan fingerprint density at radius 3 is 2.69 bits per heavy atom. The van der Waals surface area contributed by atoms with E-state index < -0.39 is 0 Å². The molecule has 1 heterocycles. The van der Waals surface area contributed by atoms with E-state index in [1.807, 2.05) is 6.07 Å². The first-order chi connectivity index (χ1) is 7.74. The number of aromatic hydroxyl groups is 1. The summed E-state index contributed by atoms with van der Waals surface area (Å²) in [4.78, 5) is 4.14. The van der Waals surface area contributed by atoms with Crippen LogP contribution in [0, 0.1) is 0 Å². The third kappa shape index (κ3) is 3.18. The fourth-order valence-electron chi connectivity index (χ4n) is 2.09. The molecule has 2 rings (SSSR count). The first-order valence-electron chi connectivity index (χ1n) is 5.87. The number of aromatic nitrogens is 1. The van der Waals surface area contributed by atoms with Crippen LogP contribution in [-0.4, -0.2) is 22.2 Å². The molecule has 4 N–H and O–H groups in total. The molecule has 1 aliphatic rings. The minimum Gasteiger partial charge on any atom is -0.506 e. The monoisotopic (exact) mass is 221 g/mol. The van der Waals surface area contributed by atoms with Crippen LogP contribution >= 0.6 is 0 Å². The molecule has 1 saturated carbocycles. The molecule has 0 saturated heterocycles. The normalized spacial score (nSPS) is 25.6. The van der Waals surface area contributed by atoms with Crippen molar-refractivity contribution < 1.29 is 5.11 Å². The molecule has 16 heavy (non-hydrogen) atoms. The van der Waals surface area contributed by atoms with Crippen LogP contribution in [-0.2, 0) is 6.54 Å². The standard InChI is InChI=1S/C12H19N3O/c13-9-1-3-10(4-2-9)14-7-11-5-6-12(16)8-15-11/h5-6,8-10,14,16H,1-4,7,13H2. The summed E-state index contributed by atoms with van der Waals surface area (Å²) in [5.74, 6) is 0.215. The van der Waals surface area contributed by atoms with Crippen molar-refractivity contribution >= 4 is 0 Å². The van der Waals surface area contributed by atoms with Gasteiger partial charge in [-0.1, -0.05) is 0 Å². The maximum absolute atomic E-state index is 9.11. The number of hydrogen-bond donors (Lipinski definition) is 3. The zero-order chi connectivity index (χ0) is 11.4. The van der Waals surface area contributed by atoms with Crippen LogP contribution in [0.2, 0.25) is 0 Å². The lowest BCUT2D eigenvalue weighted by atomic mass is 9.92. The second-order valence-electron chi connectivity index (χ2n) is 4.50. The highest BCUT2D eigenvalue weighted by atomic mass is 16.3. The quantitative estimate of drug-likeness (QED) is 0.716. The van der Waals surface area contributed by atoms with E-state index >= 15 is 0 Å². The maximum atomic E-state index is 9.11. The lowest BCUT2D eigenvalue weighted by Gasteiger charge is -2.26. The average Bonchev–Trinajstić information content (AvgIpc) is 2.30. The summed E-state index contributed by atoms with van der Waals surface area (Å²) in [6, 6.07) is 4.47. The van der Waals surface area contributed by atoms with Crippen LogP contribution in [0.1, 0.15) is 31.4 Å². The molecule has 0 bridgehead atoms. The summed E-state index contributed by atoms with van der Waals surface area (Å²) in [5.41, 5.74) is 6.82. The average molecular weight is 221 g/mol. The third-order valence-corrected chi connectivity index (χ3v) is 3.15. The van der Waals surface area contributed by atoms with Gasteiger partial charge in [0.1, 0.15) is 5.75 Å². The highest BCUT2D eigenvalue weighted by Crippen LogP contribution is 2.17. The van der Waals surface area contributed by atoms with E-state index in [1.54, 1.807) is 6.07 Å². The second kappa shape index (κ2) is 5.27. The van der Waals surface area contributed by atoms with Crippen molar-refractivity contribution in [2.75, 3.05) is 0 Å². The largest absolute Gasteiger partial charge is 0.506 e. The van der Waals surface area contributed by atoms with Crippen molar-refractivity contribution in [3.63, 3.8) is 0 Å². The maximum Gasteiger partial charge on any atom is 0.133 e. The number of hydrogen-bond acceptors (Lipinski definition) is 4. The van der Waals surface area contributed by atoms with E-state index in [4.69, 9.17) is 10.8 Å². The zero-order valence-electron chi connectivity index (χ0n) is 9.39. The van der Waals surface area contributed by atoms with Crippen molar-refractivity contribution in [1.82, 2.24) is 10.3 Å². The van der Waals surface area contributed by atoms with E-state index in [0.717, 1.165) is 37.9 Å². The minimum absolute atomic E-state index is 0.215. The molecule has 1 aromatic rings. The lowest BCUT2D eigenvalue weighted by molar-refractivity contribution is 0.340. The summed E-state index contributed by atoms with van der Waals surface area (Å²) < 4.78 is 0. The fourth-order valence-corrected chi connectivity index (χ4v) is 2.09. The molecule has 1 aromatic heterocycles. The predicted molar refractivity (Wildman–Crippen MR) is 63.0 cm³/mol. The van der Waals surface area contributed by atoms with Crippen molar-refractivity contribution in [1.29, 1.82) is 0 Å². The molecule has 0 spiro atoms. The van der Waals surface area contributed by atoms with Crippen LogP contribution in [0.15, 0.2) is 18.3 Å². The van der Waals surface area contributed by atoms with Gasteiger partial charge in [-0.2, -0.15) is 0 Å². The Bertz CT molecular complexity index is 318. The van der Waals surface area contributed by atoms with Gasteiger partial charge in [-0.15, -0.1) is 0 Å². The van der Waals surface area contributed by atoms with Gasteiger partial charge in [0.15, 0.2) is 0 Å². The summed E-state index contributed by atoms with van der Waals surface area (Å²) >= 11 is 0. The molecule has 0 unspecified atom stereocenters. The van der Waals surface area contributed by atoms with Crippen LogP contribution in [0.25, 0.3) is 0 Å². The molecule has 1 fully saturated rings. The van der Waals surface area contributed by atoms with E-state index in [1.165, 1.54) is 6.20 Å². The molecule has 0 aromatic carbocycles. The number of pyridine rings is 1. The van der Waals surface area contributed by atoms with Crippen molar-refractivity contribution in [2.24, 2.45) is 5.73 Å². The molecule has 4 heteroatoms. The molecular formula is C12H19N3O. The Kier molecular flexibility index (Phi) is 3.74. The van der Waals surface area contributed by atoms with Crippen molar-refractivity contribution in [3.05, 3.63) is 24.0 Å². The zero-order valence-corrected chi connectivity index (χ0v) is 9.39. The highest BCUT2D eigenvalue weighted by Gasteiger charge is 2.17. The number of nitrogens with one attached hydrogen (secondary N) is 1. The van der Waals surface area contributed by atoms with Gasteiger partial charge in [-0.05, 0) is 37.8 Å². The van der Waals surface area contributed by atoms with Crippen LogP contribution < -0.4 is 11.1 Å². The van der Waals surface area contributed by atoms with Gasteiger partial charge in [0.25, 0.3) is 0 Å². The Balaban J connectivity index is 1.77. The summed E-state index contributed by atoms with van der Waals surface area (Å²) in [6.07, 6.45) is 6.01. The molecule has 0 atom stereocenters. The Labute approximate surface area is 95.9 Å². The Morgan fingerprint density at radius 2 is 2.06 bits per heavy atom. The molecule has 0 aliphatic heterocycles. The first kappa shape index (κ1) is 11.4. The van der Waals surface area contributed by atoms with E-state index in [9.17, 15) is 0 Å². The predicted octanol–water partition coefficient (Wildman–Crippen LogP) is 1.15. The van der Waals surface area contributed by atoms with Gasteiger partial charge >= 0.3 is 0 Å². The van der Waals surface area contributed by atoms with Crippen molar-refractivity contribution in [2.45, 2.75) is 44.3 Å². The van der Waals surface area contributed by atoms with Gasteiger partial charge in [0, 0.05) is 18.6 Å². The van der Waals surface area contributed by atoms with Crippen LogP contribution in [0.3, 0.4) is 0 Å². The van der Waals surface area contributed by atoms with Crippen LogP contribution in [0.5, 0.6) is 5.75 Å². The van der Waals surface area contributed by atoms with E-state index in [-0.39, 0.29) is 5.75 Å². The number of nitrogens with zero attached hydrogens (tertiary/aromatic N) is 1. The minimum atomic E-state index is 0.215. The van der Waals surface area contributed by atoms with Gasteiger partial charge in [-0.25, -0.2) is 0 Å². The molecule has 0 amide bonds. The van der Waals surface area contributed by atoms with Gasteiger partial charge in [0.2, 0.25) is 0 Å². The summed E-state index contributed by atoms with van der Waals surface area (Å²) in [6.45, 7) is 0.764. The topological polar surface area (TPSA) is 71.2 Å². The lowest BCUT2D eigenvalue weighted by Crippen LogP contribution is -2.37. The Hall–Kier alpha value is -1.13. The molecule has 0 radical (unpaired) electrons. The summed E-state index contributed by atoms with van der Waals surface area (Å²) in [7, 11) is 0. The van der Waals surface area contributed by atoms with Crippen molar-refractivity contribution in [3.8, 4) is 5.75 Å². The van der Waals surface area contributed by atoms with Gasteiger partial charge in [-0.3, -0.25) is 4.98 Å². The molecule has 88 valence electrons. The van der Waals surface area contributed by atoms with Gasteiger partial charge in [0.05, 0.1) is 11.9 Å². The fraction of sp³-hybridized carbons (Fsp3) is 0.583.